The molecule has 1 spiro atoms. The molecule has 2 atom stereocenters. The maximum Gasteiger partial charge on any atom is 0.244 e. The largest absolute Gasteiger partial charge is 0.323 e. The smallest absolute Gasteiger partial charge is 0.244 e. The zero-order valence-corrected chi connectivity index (χ0v) is 9.62. The average Bonchev–Trinajstić information content (AvgIpc) is 3.00. The Morgan fingerprint density at radius 2 is 2.20 bits per heavy atom. The van der Waals surface area contributed by atoms with E-state index < -0.39 is 0 Å². The van der Waals surface area contributed by atoms with E-state index in [0.29, 0.717) is 11.9 Å². The summed E-state index contributed by atoms with van der Waals surface area (Å²) in [6, 6.07) is 0.424. The van der Waals surface area contributed by atoms with E-state index in [1.807, 2.05) is 0 Å². The van der Waals surface area contributed by atoms with Crippen LogP contribution >= 0.6 is 0 Å². The molecule has 1 amide bonds. The molecule has 1 aliphatic heterocycles. The zero-order chi connectivity index (χ0) is 10.6. The second-order valence-corrected chi connectivity index (χ2v) is 5.64. The molecular weight excluding hydrogens is 188 g/mol. The summed E-state index contributed by atoms with van der Waals surface area (Å²) in [5, 5.41) is 3.45. The fourth-order valence-corrected chi connectivity index (χ4v) is 2.97. The number of carbonyl (C=O) groups is 1. The standard InChI is InChI=1S/C12H20N2O/c1-8(7-10-3-4-10)14-9(2)13-12(5-6-12)11(14)15/h8-10,13H,3-7H2,1-2H3. The Bertz CT molecular complexity index is 294. The second-order valence-electron chi connectivity index (χ2n) is 5.64. The van der Waals surface area contributed by atoms with Gasteiger partial charge >= 0.3 is 0 Å². The third-order valence-corrected chi connectivity index (χ3v) is 4.14. The number of carbonyl (C=O) groups excluding carboxylic acids is 1. The minimum atomic E-state index is -0.128. The van der Waals surface area contributed by atoms with E-state index in [1.54, 1.807) is 0 Å². The van der Waals surface area contributed by atoms with Crippen molar-refractivity contribution in [3.05, 3.63) is 0 Å². The highest BCUT2D eigenvalue weighted by molar-refractivity contribution is 5.92. The van der Waals surface area contributed by atoms with Gasteiger partial charge < -0.3 is 4.90 Å². The summed E-state index contributed by atoms with van der Waals surface area (Å²) in [6.07, 6.45) is 6.28. The lowest BCUT2D eigenvalue weighted by atomic mass is 10.1. The Morgan fingerprint density at radius 3 is 2.67 bits per heavy atom. The molecule has 0 aromatic heterocycles. The van der Waals surface area contributed by atoms with Crippen LogP contribution in [0, 0.1) is 5.92 Å². The van der Waals surface area contributed by atoms with E-state index in [0.717, 1.165) is 18.8 Å². The van der Waals surface area contributed by atoms with E-state index in [9.17, 15) is 4.79 Å². The first-order valence-electron chi connectivity index (χ1n) is 6.23. The number of amides is 1. The molecule has 0 aromatic carbocycles. The molecule has 1 heterocycles. The number of hydrogen-bond donors (Lipinski definition) is 1. The van der Waals surface area contributed by atoms with E-state index in [2.05, 4.69) is 24.1 Å². The molecule has 0 bridgehead atoms. The van der Waals surface area contributed by atoms with Crippen molar-refractivity contribution in [3.8, 4) is 0 Å². The van der Waals surface area contributed by atoms with E-state index >= 15 is 0 Å². The van der Waals surface area contributed by atoms with Gasteiger partial charge in [-0.25, -0.2) is 0 Å². The first kappa shape index (κ1) is 9.64. The van der Waals surface area contributed by atoms with Gasteiger partial charge in [-0.3, -0.25) is 10.1 Å². The molecule has 0 aromatic rings. The molecule has 2 unspecified atom stereocenters. The lowest BCUT2D eigenvalue weighted by Gasteiger charge is -2.28. The van der Waals surface area contributed by atoms with Gasteiger partial charge in [-0.05, 0) is 39.0 Å². The van der Waals surface area contributed by atoms with Gasteiger partial charge in [-0.1, -0.05) is 12.8 Å². The Morgan fingerprint density at radius 1 is 1.53 bits per heavy atom. The van der Waals surface area contributed by atoms with E-state index in [1.165, 1.54) is 19.3 Å². The predicted octanol–water partition coefficient (Wildman–Crippen LogP) is 1.49. The first-order valence-corrected chi connectivity index (χ1v) is 6.23. The van der Waals surface area contributed by atoms with Crippen molar-refractivity contribution in [2.45, 2.75) is 63.7 Å². The number of hydrogen-bond acceptors (Lipinski definition) is 2. The zero-order valence-electron chi connectivity index (χ0n) is 9.62. The summed E-state index contributed by atoms with van der Waals surface area (Å²) in [5.41, 5.74) is -0.128. The van der Waals surface area contributed by atoms with Gasteiger partial charge in [0, 0.05) is 6.04 Å². The third-order valence-electron chi connectivity index (χ3n) is 4.14. The van der Waals surface area contributed by atoms with Gasteiger partial charge in [-0.15, -0.1) is 0 Å². The molecule has 3 aliphatic rings. The molecule has 3 fully saturated rings. The van der Waals surface area contributed by atoms with Crippen molar-refractivity contribution < 1.29 is 4.79 Å². The molecule has 15 heavy (non-hydrogen) atoms. The normalized spacial score (nSPS) is 34.9. The number of nitrogens with zero attached hydrogens (tertiary/aromatic N) is 1. The van der Waals surface area contributed by atoms with Crippen molar-refractivity contribution in [2.75, 3.05) is 0 Å². The predicted molar refractivity (Wildman–Crippen MR) is 58.2 cm³/mol. The molecule has 2 saturated carbocycles. The summed E-state index contributed by atoms with van der Waals surface area (Å²) >= 11 is 0. The molecule has 84 valence electrons. The van der Waals surface area contributed by atoms with E-state index in [-0.39, 0.29) is 11.7 Å². The molecular formula is C12H20N2O. The van der Waals surface area contributed by atoms with Crippen LogP contribution in [0.1, 0.15) is 46.0 Å². The van der Waals surface area contributed by atoms with Gasteiger partial charge in [-0.2, -0.15) is 0 Å². The molecule has 2 aliphatic carbocycles. The van der Waals surface area contributed by atoms with Crippen molar-refractivity contribution in [2.24, 2.45) is 5.92 Å². The molecule has 0 radical (unpaired) electrons. The van der Waals surface area contributed by atoms with Crippen LogP contribution in [0.25, 0.3) is 0 Å². The third kappa shape index (κ3) is 1.48. The van der Waals surface area contributed by atoms with Crippen LogP contribution in [-0.4, -0.2) is 28.6 Å². The van der Waals surface area contributed by atoms with Gasteiger partial charge in [0.25, 0.3) is 0 Å². The minimum Gasteiger partial charge on any atom is -0.323 e. The number of nitrogens with one attached hydrogen (secondary N) is 1. The molecule has 3 rings (SSSR count). The van der Waals surface area contributed by atoms with Crippen LogP contribution in [-0.2, 0) is 4.79 Å². The van der Waals surface area contributed by atoms with Crippen LogP contribution in [0.2, 0.25) is 0 Å². The van der Waals surface area contributed by atoms with Crippen molar-refractivity contribution in [1.29, 1.82) is 0 Å². The Balaban J connectivity index is 1.70. The quantitative estimate of drug-likeness (QED) is 0.762. The van der Waals surface area contributed by atoms with Gasteiger partial charge in [0.15, 0.2) is 0 Å². The van der Waals surface area contributed by atoms with Gasteiger partial charge in [0.2, 0.25) is 5.91 Å². The average molecular weight is 208 g/mol. The van der Waals surface area contributed by atoms with Crippen LogP contribution in [0.3, 0.4) is 0 Å². The van der Waals surface area contributed by atoms with Crippen molar-refractivity contribution in [1.82, 2.24) is 10.2 Å². The Hall–Kier alpha value is -0.570. The van der Waals surface area contributed by atoms with Crippen LogP contribution in [0.5, 0.6) is 0 Å². The fourth-order valence-electron chi connectivity index (χ4n) is 2.97. The highest BCUT2D eigenvalue weighted by Gasteiger charge is 2.58. The topological polar surface area (TPSA) is 32.3 Å². The SMILES string of the molecule is CC(CC1CC1)N1C(=O)C2(CC2)NC1C. The Kier molecular flexibility index (Phi) is 1.91. The van der Waals surface area contributed by atoms with Gasteiger partial charge in [0.05, 0.1) is 11.7 Å². The maximum atomic E-state index is 12.2. The Labute approximate surface area is 91.2 Å². The summed E-state index contributed by atoms with van der Waals surface area (Å²) in [7, 11) is 0. The summed E-state index contributed by atoms with van der Waals surface area (Å²) in [4.78, 5) is 14.3. The highest BCUT2D eigenvalue weighted by atomic mass is 16.2. The molecule has 3 nitrogen and oxygen atoms in total. The molecule has 1 saturated heterocycles. The summed E-state index contributed by atoms with van der Waals surface area (Å²) < 4.78 is 0. The van der Waals surface area contributed by atoms with Crippen LogP contribution in [0.4, 0.5) is 0 Å². The maximum absolute atomic E-state index is 12.2. The monoisotopic (exact) mass is 208 g/mol. The van der Waals surface area contributed by atoms with Crippen molar-refractivity contribution >= 4 is 5.91 Å². The summed E-state index contributed by atoms with van der Waals surface area (Å²) in [6.45, 7) is 4.32. The second kappa shape index (κ2) is 2.97. The molecule has 1 N–H and O–H groups in total. The van der Waals surface area contributed by atoms with Gasteiger partial charge in [0.1, 0.15) is 0 Å². The first-order chi connectivity index (χ1) is 7.12. The van der Waals surface area contributed by atoms with Crippen LogP contribution in [0.15, 0.2) is 0 Å². The minimum absolute atomic E-state index is 0.128. The van der Waals surface area contributed by atoms with Crippen molar-refractivity contribution in [3.63, 3.8) is 0 Å². The number of rotatable bonds is 3. The fraction of sp³-hybridized carbons (Fsp3) is 0.917. The lowest BCUT2D eigenvalue weighted by molar-refractivity contribution is -0.132. The lowest BCUT2D eigenvalue weighted by Crippen LogP contribution is -2.41. The van der Waals surface area contributed by atoms with E-state index in [4.69, 9.17) is 0 Å². The summed E-state index contributed by atoms with van der Waals surface area (Å²) in [5.74, 6) is 1.26. The highest BCUT2D eigenvalue weighted by Crippen LogP contribution is 2.44. The van der Waals surface area contributed by atoms with Crippen LogP contribution < -0.4 is 5.32 Å². The molecule has 3 heteroatoms.